The highest BCUT2D eigenvalue weighted by molar-refractivity contribution is 7.89. The third kappa shape index (κ3) is 6.05. The molecule has 2 aliphatic rings. The zero-order chi connectivity index (χ0) is 27.6. The summed E-state index contributed by atoms with van der Waals surface area (Å²) in [5.74, 6) is 0.106. The Morgan fingerprint density at radius 2 is 1.85 bits per heavy atom. The van der Waals surface area contributed by atoms with Crippen molar-refractivity contribution in [1.82, 2.24) is 20.1 Å². The van der Waals surface area contributed by atoms with Gasteiger partial charge >= 0.3 is 0 Å². The van der Waals surface area contributed by atoms with Crippen LogP contribution in [0.3, 0.4) is 0 Å². The number of hydroxylamine groups is 1. The summed E-state index contributed by atoms with van der Waals surface area (Å²) in [6.07, 6.45) is 3.33. The summed E-state index contributed by atoms with van der Waals surface area (Å²) in [5.41, 5.74) is 3.10. The number of sulfonamides is 1. The second-order valence-corrected chi connectivity index (χ2v) is 12.2. The third-order valence-corrected chi connectivity index (χ3v) is 9.06. The molecular weight excluding hydrogens is 520 g/mol. The van der Waals surface area contributed by atoms with Gasteiger partial charge in [0.1, 0.15) is 12.4 Å². The maximum absolute atomic E-state index is 13.2. The van der Waals surface area contributed by atoms with Gasteiger partial charge in [0.2, 0.25) is 21.8 Å². The summed E-state index contributed by atoms with van der Waals surface area (Å²) >= 11 is 0. The fraction of sp³-hybridized carbons (Fsp3) is 0.393. The van der Waals surface area contributed by atoms with Crippen molar-refractivity contribution in [1.29, 1.82) is 0 Å². The Morgan fingerprint density at radius 3 is 2.51 bits per heavy atom. The van der Waals surface area contributed by atoms with Gasteiger partial charge in [0.15, 0.2) is 0 Å². The number of amides is 2. The summed E-state index contributed by atoms with van der Waals surface area (Å²) in [6, 6.07) is 15.8. The average Bonchev–Trinajstić information content (AvgIpc) is 2.87. The predicted octanol–water partition coefficient (Wildman–Crippen LogP) is 3.07. The van der Waals surface area contributed by atoms with Gasteiger partial charge in [0.05, 0.1) is 22.4 Å². The number of aromatic nitrogens is 1. The first-order valence-electron chi connectivity index (χ1n) is 13.0. The number of para-hydroxylation sites is 1. The van der Waals surface area contributed by atoms with Gasteiger partial charge in [-0.2, -0.15) is 0 Å². The summed E-state index contributed by atoms with van der Waals surface area (Å²) in [7, 11) is -4.03. The number of fused-ring (bicyclic) bond motifs is 1. The van der Waals surface area contributed by atoms with Crippen molar-refractivity contribution in [3.05, 3.63) is 65.9 Å². The van der Waals surface area contributed by atoms with E-state index in [-0.39, 0.29) is 30.3 Å². The molecule has 10 nitrogen and oxygen atoms in total. The molecule has 0 radical (unpaired) electrons. The Bertz CT molecular complexity index is 1480. The molecule has 3 aromatic rings. The van der Waals surface area contributed by atoms with Gasteiger partial charge in [-0.3, -0.25) is 19.8 Å². The van der Waals surface area contributed by atoms with Crippen LogP contribution >= 0.6 is 0 Å². The molecule has 3 N–H and O–H groups in total. The van der Waals surface area contributed by atoms with Crippen LogP contribution in [0.1, 0.15) is 43.4 Å². The SMILES string of the molecule is Cc1cc(COc2ccc(S(=O)(=O)NC3(CC(=O)NO)CN(C(=O)CC4CCC4)C3)cc2)c2ccccc2n1. The number of aryl methyl sites for hydroxylation is 1. The molecule has 0 atom stereocenters. The molecule has 2 amide bonds. The third-order valence-electron chi connectivity index (χ3n) is 7.46. The van der Waals surface area contributed by atoms with E-state index in [0.29, 0.717) is 24.7 Å². The first-order valence-corrected chi connectivity index (χ1v) is 14.5. The second-order valence-electron chi connectivity index (χ2n) is 10.5. The minimum Gasteiger partial charge on any atom is -0.489 e. The summed E-state index contributed by atoms with van der Waals surface area (Å²) in [5, 5.41) is 10.0. The lowest BCUT2D eigenvalue weighted by Crippen LogP contribution is -2.72. The van der Waals surface area contributed by atoms with E-state index in [1.165, 1.54) is 12.1 Å². The van der Waals surface area contributed by atoms with Crippen molar-refractivity contribution >= 4 is 32.7 Å². The number of carbonyl (C=O) groups is 2. The zero-order valence-corrected chi connectivity index (χ0v) is 22.5. The highest BCUT2D eigenvalue weighted by atomic mass is 32.2. The number of carbonyl (C=O) groups excluding carboxylic acids is 2. The first kappa shape index (κ1) is 27.0. The number of rotatable bonds is 10. The number of hydrogen-bond donors (Lipinski definition) is 3. The van der Waals surface area contributed by atoms with E-state index in [1.807, 2.05) is 37.3 Å². The van der Waals surface area contributed by atoms with Crippen LogP contribution in [-0.2, 0) is 26.2 Å². The maximum atomic E-state index is 13.2. The molecule has 11 heteroatoms. The van der Waals surface area contributed by atoms with E-state index < -0.39 is 21.5 Å². The number of benzene rings is 2. The standard InChI is InChI=1S/C28H32N4O6S/c1-19-13-21(24-7-2-3-8-25(24)29-19)16-38-22-9-11-23(12-10-22)39(36,37)31-28(15-26(33)30-35)17-32(18-28)27(34)14-20-5-4-6-20/h2-3,7-13,20,31,35H,4-6,14-18H2,1H3,(H,30,33). The van der Waals surface area contributed by atoms with E-state index >= 15 is 0 Å². The number of pyridine rings is 1. The fourth-order valence-corrected chi connectivity index (χ4v) is 6.61. The molecule has 0 bridgehead atoms. The van der Waals surface area contributed by atoms with Gasteiger partial charge < -0.3 is 9.64 Å². The highest BCUT2D eigenvalue weighted by Gasteiger charge is 2.49. The molecule has 2 fully saturated rings. The van der Waals surface area contributed by atoms with Crippen LogP contribution in [0.15, 0.2) is 59.5 Å². The van der Waals surface area contributed by atoms with E-state index in [0.717, 1.165) is 41.4 Å². The number of hydrogen-bond acceptors (Lipinski definition) is 7. The van der Waals surface area contributed by atoms with Crippen LogP contribution in [0.5, 0.6) is 5.75 Å². The zero-order valence-electron chi connectivity index (χ0n) is 21.7. The second kappa shape index (κ2) is 10.9. The van der Waals surface area contributed by atoms with E-state index in [1.54, 1.807) is 22.5 Å². The molecule has 0 unspecified atom stereocenters. The molecule has 1 aliphatic carbocycles. The number of nitrogens with zero attached hydrogens (tertiary/aromatic N) is 2. The number of nitrogens with one attached hydrogen (secondary N) is 2. The Hall–Kier alpha value is -3.54. The molecule has 1 aliphatic heterocycles. The Kier molecular flexibility index (Phi) is 7.57. The van der Waals surface area contributed by atoms with Gasteiger partial charge in [-0.05, 0) is 62.1 Å². The van der Waals surface area contributed by atoms with E-state index in [2.05, 4.69) is 9.71 Å². The quantitative estimate of drug-likeness (QED) is 0.260. The lowest BCUT2D eigenvalue weighted by Gasteiger charge is -2.50. The molecule has 0 spiro atoms. The lowest BCUT2D eigenvalue weighted by atomic mass is 9.81. The van der Waals surface area contributed by atoms with Crippen LogP contribution in [0.4, 0.5) is 0 Å². The lowest BCUT2D eigenvalue weighted by molar-refractivity contribution is -0.144. The Labute approximate surface area is 227 Å². The molecule has 2 heterocycles. The molecule has 5 rings (SSSR count). The molecule has 2 aromatic carbocycles. The van der Waals surface area contributed by atoms with Gasteiger partial charge in [-0.25, -0.2) is 18.6 Å². The van der Waals surface area contributed by atoms with Crippen LogP contribution in [0.25, 0.3) is 10.9 Å². The fourth-order valence-electron chi connectivity index (χ4n) is 5.23. The topological polar surface area (TPSA) is 138 Å². The van der Waals surface area contributed by atoms with Gasteiger partial charge in [0.25, 0.3) is 0 Å². The molecule has 206 valence electrons. The van der Waals surface area contributed by atoms with E-state index in [9.17, 15) is 18.0 Å². The van der Waals surface area contributed by atoms with E-state index in [4.69, 9.17) is 9.94 Å². The van der Waals surface area contributed by atoms with Gasteiger partial charge in [-0.15, -0.1) is 0 Å². The monoisotopic (exact) mass is 552 g/mol. The largest absolute Gasteiger partial charge is 0.489 e. The number of ether oxygens (including phenoxy) is 1. The Morgan fingerprint density at radius 1 is 1.13 bits per heavy atom. The molecule has 1 saturated heterocycles. The molecule has 1 saturated carbocycles. The van der Waals surface area contributed by atoms with Crippen molar-refractivity contribution < 1.29 is 28.0 Å². The first-order chi connectivity index (χ1) is 18.7. The predicted molar refractivity (Wildman–Crippen MR) is 143 cm³/mol. The van der Waals surface area contributed by atoms with Crippen LogP contribution in [0, 0.1) is 12.8 Å². The van der Waals surface area contributed by atoms with Gasteiger partial charge in [-0.1, -0.05) is 24.6 Å². The minimum atomic E-state index is -4.03. The number of likely N-dealkylation sites (tertiary alicyclic amines) is 1. The maximum Gasteiger partial charge on any atom is 0.245 e. The average molecular weight is 553 g/mol. The van der Waals surface area contributed by atoms with Gasteiger partial charge in [0, 0.05) is 36.2 Å². The molecule has 39 heavy (non-hydrogen) atoms. The van der Waals surface area contributed by atoms with Crippen molar-refractivity contribution in [2.45, 2.75) is 56.1 Å². The summed E-state index contributed by atoms with van der Waals surface area (Å²) in [4.78, 5) is 30.7. The van der Waals surface area contributed by atoms with Crippen molar-refractivity contribution in [2.24, 2.45) is 5.92 Å². The Balaban J connectivity index is 1.25. The van der Waals surface area contributed by atoms with Crippen molar-refractivity contribution in [3.63, 3.8) is 0 Å². The summed E-state index contributed by atoms with van der Waals surface area (Å²) < 4.78 is 35.0. The van der Waals surface area contributed by atoms with Crippen molar-refractivity contribution in [2.75, 3.05) is 13.1 Å². The minimum absolute atomic E-state index is 0.00285. The highest BCUT2D eigenvalue weighted by Crippen LogP contribution is 2.33. The van der Waals surface area contributed by atoms with Crippen molar-refractivity contribution in [3.8, 4) is 5.75 Å². The molecule has 1 aromatic heterocycles. The molecular formula is C28H32N4O6S. The summed E-state index contributed by atoms with van der Waals surface area (Å²) in [6.45, 7) is 2.33. The van der Waals surface area contributed by atoms with Crippen LogP contribution < -0.4 is 14.9 Å². The normalized spacial score (nSPS) is 16.8. The van der Waals surface area contributed by atoms with Crippen LogP contribution in [-0.4, -0.2) is 54.0 Å². The van der Waals surface area contributed by atoms with Crippen LogP contribution in [0.2, 0.25) is 0 Å². The smallest absolute Gasteiger partial charge is 0.245 e.